The van der Waals surface area contributed by atoms with Gasteiger partial charge in [0, 0.05) is 11.8 Å². The number of rotatable bonds is 2. The highest BCUT2D eigenvalue weighted by atomic mass is 16.5. The summed E-state index contributed by atoms with van der Waals surface area (Å²) in [5, 5.41) is 7.38. The fourth-order valence-electron chi connectivity index (χ4n) is 2.41. The summed E-state index contributed by atoms with van der Waals surface area (Å²) < 4.78 is 6.23. The van der Waals surface area contributed by atoms with Crippen molar-refractivity contribution >= 4 is 22.6 Å². The van der Waals surface area contributed by atoms with Crippen LogP contribution in [0.2, 0.25) is 0 Å². The lowest BCUT2D eigenvalue weighted by Gasteiger charge is -2.21. The van der Waals surface area contributed by atoms with Crippen LogP contribution < -0.4 is 15.6 Å². The fraction of sp³-hybridized carbons (Fsp3) is 0.286. The van der Waals surface area contributed by atoms with E-state index in [2.05, 4.69) is 10.4 Å². The predicted octanol–water partition coefficient (Wildman–Crippen LogP) is 0.383. The van der Waals surface area contributed by atoms with Gasteiger partial charge in [-0.1, -0.05) is 0 Å². The van der Waals surface area contributed by atoms with E-state index in [-0.39, 0.29) is 24.3 Å². The number of hydrogen-bond donors (Lipinski definition) is 1. The van der Waals surface area contributed by atoms with E-state index in [9.17, 15) is 14.4 Å². The van der Waals surface area contributed by atoms with Gasteiger partial charge in [0.25, 0.3) is 11.5 Å². The topological polar surface area (TPSA) is 90.3 Å². The Kier molecular flexibility index (Phi) is 3.17. The highest BCUT2D eigenvalue weighted by Crippen LogP contribution is 2.20. The van der Waals surface area contributed by atoms with E-state index in [0.717, 1.165) is 4.68 Å². The number of ether oxygens (including phenoxy) is 1. The number of carbonyl (C=O) groups excluding carboxylic acids is 2. The molecule has 1 N–H and O–H groups in total. The van der Waals surface area contributed by atoms with E-state index in [0.29, 0.717) is 16.5 Å². The first-order valence-electron chi connectivity index (χ1n) is 6.49. The van der Waals surface area contributed by atoms with E-state index in [1.54, 1.807) is 25.3 Å². The molecular weight excluding hydrogens is 274 g/mol. The standard InChI is InChI=1S/C14H13N3O4/c1-21-9-2-3-10-8(6-9)7-15-17(14(10)20)11-4-5-12(18)16-13(11)19/h2-3,6-7,11H,4-5H2,1H3,(H,16,18,19). The van der Waals surface area contributed by atoms with Crippen LogP contribution in [0.5, 0.6) is 5.75 Å². The molecule has 108 valence electrons. The summed E-state index contributed by atoms with van der Waals surface area (Å²) in [5.74, 6) is -0.189. The van der Waals surface area contributed by atoms with Crippen LogP contribution in [-0.4, -0.2) is 28.7 Å². The highest BCUT2D eigenvalue weighted by Gasteiger charge is 2.29. The van der Waals surface area contributed by atoms with Crippen molar-refractivity contribution in [3.8, 4) is 5.75 Å². The number of fused-ring (bicyclic) bond motifs is 1. The molecule has 0 radical (unpaired) electrons. The number of nitrogens with one attached hydrogen (secondary N) is 1. The number of imide groups is 1. The molecule has 1 atom stereocenters. The minimum absolute atomic E-state index is 0.200. The molecule has 1 aliphatic rings. The van der Waals surface area contributed by atoms with Crippen molar-refractivity contribution in [1.82, 2.24) is 15.1 Å². The number of amides is 2. The van der Waals surface area contributed by atoms with Crippen LogP contribution in [0.4, 0.5) is 0 Å². The molecule has 0 bridgehead atoms. The fourth-order valence-corrected chi connectivity index (χ4v) is 2.41. The summed E-state index contributed by atoms with van der Waals surface area (Å²) in [4.78, 5) is 35.5. The third-order valence-corrected chi connectivity index (χ3v) is 3.52. The van der Waals surface area contributed by atoms with E-state index >= 15 is 0 Å². The molecule has 1 aliphatic heterocycles. The number of hydrogen-bond acceptors (Lipinski definition) is 5. The molecule has 3 rings (SSSR count). The largest absolute Gasteiger partial charge is 0.497 e. The third-order valence-electron chi connectivity index (χ3n) is 3.52. The Hall–Kier alpha value is -2.70. The van der Waals surface area contributed by atoms with Crippen molar-refractivity contribution in [1.29, 1.82) is 0 Å². The number of carbonyl (C=O) groups is 2. The Morgan fingerprint density at radius 3 is 2.86 bits per heavy atom. The van der Waals surface area contributed by atoms with Crippen LogP contribution in [0, 0.1) is 0 Å². The van der Waals surface area contributed by atoms with Crippen LogP contribution in [0.25, 0.3) is 10.8 Å². The van der Waals surface area contributed by atoms with Crippen molar-refractivity contribution in [2.45, 2.75) is 18.9 Å². The first-order valence-corrected chi connectivity index (χ1v) is 6.49. The molecule has 0 spiro atoms. The summed E-state index contributed by atoms with van der Waals surface area (Å²) in [6.45, 7) is 0. The smallest absolute Gasteiger partial charge is 0.275 e. The van der Waals surface area contributed by atoms with Crippen molar-refractivity contribution in [3.63, 3.8) is 0 Å². The molecule has 2 aromatic rings. The average molecular weight is 287 g/mol. The minimum atomic E-state index is -0.748. The molecule has 7 nitrogen and oxygen atoms in total. The summed E-state index contributed by atoms with van der Waals surface area (Å²) in [7, 11) is 1.54. The van der Waals surface area contributed by atoms with Gasteiger partial charge in [-0.25, -0.2) is 4.68 Å². The third kappa shape index (κ3) is 2.26. The summed E-state index contributed by atoms with van der Waals surface area (Å²) in [6.07, 6.45) is 1.99. The van der Waals surface area contributed by atoms with Crippen LogP contribution in [0.1, 0.15) is 18.9 Å². The lowest BCUT2D eigenvalue weighted by atomic mass is 10.1. The van der Waals surface area contributed by atoms with Crippen LogP contribution in [0.3, 0.4) is 0 Å². The highest BCUT2D eigenvalue weighted by molar-refractivity contribution is 5.99. The number of methoxy groups -OCH3 is 1. The maximum absolute atomic E-state index is 12.4. The second-order valence-electron chi connectivity index (χ2n) is 4.81. The summed E-state index contributed by atoms with van der Waals surface area (Å²) in [5.41, 5.74) is -0.357. The molecule has 1 fully saturated rings. The number of aromatic nitrogens is 2. The van der Waals surface area contributed by atoms with Gasteiger partial charge in [-0.05, 0) is 24.6 Å². The Morgan fingerprint density at radius 1 is 1.33 bits per heavy atom. The molecule has 2 amide bonds. The summed E-state index contributed by atoms with van der Waals surface area (Å²) >= 11 is 0. The second kappa shape index (κ2) is 5.01. The van der Waals surface area contributed by atoms with Crippen molar-refractivity contribution in [2.24, 2.45) is 0 Å². The quantitative estimate of drug-likeness (QED) is 0.807. The monoisotopic (exact) mass is 287 g/mol. The SMILES string of the molecule is COc1ccc2c(=O)n(C3CCC(=O)NC3=O)ncc2c1. The van der Waals surface area contributed by atoms with Crippen molar-refractivity contribution < 1.29 is 14.3 Å². The van der Waals surface area contributed by atoms with Gasteiger partial charge in [-0.3, -0.25) is 19.7 Å². The lowest BCUT2D eigenvalue weighted by Crippen LogP contribution is -2.45. The van der Waals surface area contributed by atoms with E-state index < -0.39 is 11.9 Å². The first-order chi connectivity index (χ1) is 10.1. The molecule has 1 aromatic carbocycles. The zero-order valence-corrected chi connectivity index (χ0v) is 11.3. The van der Waals surface area contributed by atoms with Gasteiger partial charge in [0.05, 0.1) is 18.7 Å². The zero-order valence-electron chi connectivity index (χ0n) is 11.3. The normalized spacial score (nSPS) is 18.6. The Balaban J connectivity index is 2.08. The number of piperidine rings is 1. The van der Waals surface area contributed by atoms with Gasteiger partial charge in [-0.2, -0.15) is 5.10 Å². The summed E-state index contributed by atoms with van der Waals surface area (Å²) in [6, 6.07) is 4.28. The molecule has 0 aliphatic carbocycles. The molecule has 1 saturated heterocycles. The van der Waals surface area contributed by atoms with E-state index in [4.69, 9.17) is 4.74 Å². The molecule has 1 unspecified atom stereocenters. The van der Waals surface area contributed by atoms with E-state index in [1.165, 1.54) is 6.20 Å². The number of nitrogens with zero attached hydrogens (tertiary/aromatic N) is 2. The number of benzene rings is 1. The van der Waals surface area contributed by atoms with E-state index in [1.807, 2.05) is 0 Å². The van der Waals surface area contributed by atoms with Gasteiger partial charge in [-0.15, -0.1) is 0 Å². The van der Waals surface area contributed by atoms with Gasteiger partial charge < -0.3 is 4.74 Å². The maximum atomic E-state index is 12.4. The van der Waals surface area contributed by atoms with Crippen molar-refractivity contribution in [3.05, 3.63) is 34.7 Å². The minimum Gasteiger partial charge on any atom is -0.497 e. The second-order valence-corrected chi connectivity index (χ2v) is 4.81. The molecule has 0 saturated carbocycles. The van der Waals surface area contributed by atoms with Gasteiger partial charge in [0.15, 0.2) is 0 Å². The van der Waals surface area contributed by atoms with Crippen LogP contribution in [0.15, 0.2) is 29.2 Å². The van der Waals surface area contributed by atoms with Crippen LogP contribution >= 0.6 is 0 Å². The molecule has 1 aromatic heterocycles. The van der Waals surface area contributed by atoms with Gasteiger partial charge in [0.1, 0.15) is 11.8 Å². The predicted molar refractivity (Wildman–Crippen MR) is 74.0 cm³/mol. The Labute approximate surface area is 119 Å². The molecular formula is C14H13N3O4. The molecule has 7 heteroatoms. The lowest BCUT2D eigenvalue weighted by molar-refractivity contribution is -0.136. The maximum Gasteiger partial charge on any atom is 0.275 e. The van der Waals surface area contributed by atoms with Crippen LogP contribution in [-0.2, 0) is 9.59 Å². The molecule has 21 heavy (non-hydrogen) atoms. The van der Waals surface area contributed by atoms with Crippen molar-refractivity contribution in [2.75, 3.05) is 7.11 Å². The Bertz CT molecular complexity index is 796. The Morgan fingerprint density at radius 2 is 2.14 bits per heavy atom. The first kappa shape index (κ1) is 13.3. The zero-order chi connectivity index (χ0) is 15.0. The van der Waals surface area contributed by atoms with Gasteiger partial charge in [0.2, 0.25) is 5.91 Å². The van der Waals surface area contributed by atoms with Gasteiger partial charge >= 0.3 is 0 Å². The molecule has 2 heterocycles. The average Bonchev–Trinajstić information content (AvgIpc) is 2.48.